The molecule has 0 bridgehead atoms. The number of benzene rings is 2. The molecule has 24 heavy (non-hydrogen) atoms. The van der Waals surface area contributed by atoms with Crippen molar-refractivity contribution in [2.45, 2.75) is 38.0 Å². The molecular formula is C22H29NO. The highest BCUT2D eigenvalue weighted by Gasteiger charge is 2.38. The van der Waals surface area contributed by atoms with Gasteiger partial charge >= 0.3 is 0 Å². The number of ether oxygens (including phenoxy) is 1. The van der Waals surface area contributed by atoms with E-state index in [-0.39, 0.29) is 0 Å². The van der Waals surface area contributed by atoms with Gasteiger partial charge in [-0.25, -0.2) is 0 Å². The number of likely N-dealkylation sites (tertiary alicyclic amines) is 1. The van der Waals surface area contributed by atoms with Gasteiger partial charge in [0.25, 0.3) is 0 Å². The lowest BCUT2D eigenvalue weighted by molar-refractivity contribution is 0.304. The second kappa shape index (κ2) is 7.85. The van der Waals surface area contributed by atoms with Crippen molar-refractivity contribution in [1.82, 2.24) is 4.90 Å². The summed E-state index contributed by atoms with van der Waals surface area (Å²) in [5.74, 6) is 0.978. The number of methoxy groups -OCH3 is 1. The molecule has 0 N–H and O–H groups in total. The number of hydrogen-bond donors (Lipinski definition) is 0. The van der Waals surface area contributed by atoms with Crippen molar-refractivity contribution in [2.24, 2.45) is 0 Å². The van der Waals surface area contributed by atoms with Crippen molar-refractivity contribution in [3.63, 3.8) is 0 Å². The third-order valence-electron chi connectivity index (χ3n) is 5.40. The lowest BCUT2D eigenvalue weighted by Crippen LogP contribution is -2.32. The molecule has 2 aromatic rings. The van der Waals surface area contributed by atoms with Gasteiger partial charge in [-0.15, -0.1) is 0 Å². The van der Waals surface area contributed by atoms with Crippen LogP contribution >= 0.6 is 0 Å². The van der Waals surface area contributed by atoms with Crippen molar-refractivity contribution in [1.29, 1.82) is 0 Å². The Balaban J connectivity index is 1.70. The van der Waals surface area contributed by atoms with Crippen molar-refractivity contribution < 1.29 is 4.74 Å². The number of nitrogens with zero attached hydrogens (tertiary/aromatic N) is 1. The van der Waals surface area contributed by atoms with Crippen molar-refractivity contribution in [3.8, 4) is 5.75 Å². The van der Waals surface area contributed by atoms with E-state index in [0.717, 1.165) is 18.7 Å². The molecule has 1 aliphatic heterocycles. The van der Waals surface area contributed by atoms with E-state index in [1.807, 2.05) is 6.07 Å². The first-order valence-electron chi connectivity index (χ1n) is 9.16. The van der Waals surface area contributed by atoms with Gasteiger partial charge in [0, 0.05) is 18.5 Å². The van der Waals surface area contributed by atoms with Crippen LogP contribution in [0.5, 0.6) is 5.75 Å². The second-order valence-electron chi connectivity index (χ2n) is 7.02. The summed E-state index contributed by atoms with van der Waals surface area (Å²) in [5, 5.41) is 0. The fourth-order valence-electron chi connectivity index (χ4n) is 4.10. The Morgan fingerprint density at radius 3 is 2.67 bits per heavy atom. The van der Waals surface area contributed by atoms with Crippen LogP contribution in [0.1, 0.15) is 37.3 Å². The minimum atomic E-state index is 0.292. The van der Waals surface area contributed by atoms with E-state index >= 15 is 0 Å². The van der Waals surface area contributed by atoms with Gasteiger partial charge < -0.3 is 9.64 Å². The summed E-state index contributed by atoms with van der Waals surface area (Å²) in [6, 6.07) is 19.6. The first-order chi connectivity index (χ1) is 11.8. The Kier molecular flexibility index (Phi) is 5.57. The summed E-state index contributed by atoms with van der Waals surface area (Å²) in [5.41, 5.74) is 3.18. The third kappa shape index (κ3) is 3.81. The van der Waals surface area contributed by atoms with Crippen LogP contribution in [0.25, 0.3) is 0 Å². The Hall–Kier alpha value is -1.80. The molecule has 0 aliphatic carbocycles. The standard InChI is InChI=1S/C22H29NO/c1-3-13-22(20-10-7-11-21(17-20)24-2)14-16-23(18-22)15-12-19-8-5-4-6-9-19/h4-11,17H,3,12-16,18H2,1-2H3/t22-/m0/s1. The lowest BCUT2D eigenvalue weighted by Gasteiger charge is -2.30. The summed E-state index contributed by atoms with van der Waals surface area (Å²) in [4.78, 5) is 2.64. The van der Waals surface area contributed by atoms with Crippen LogP contribution in [0, 0.1) is 0 Å². The van der Waals surface area contributed by atoms with Gasteiger partial charge in [-0.3, -0.25) is 0 Å². The zero-order chi connectivity index (χ0) is 16.8. The maximum absolute atomic E-state index is 5.46. The summed E-state index contributed by atoms with van der Waals surface area (Å²) >= 11 is 0. The van der Waals surface area contributed by atoms with Crippen LogP contribution in [0.15, 0.2) is 54.6 Å². The highest BCUT2D eigenvalue weighted by molar-refractivity contribution is 5.35. The Labute approximate surface area is 146 Å². The smallest absolute Gasteiger partial charge is 0.119 e. The largest absolute Gasteiger partial charge is 0.497 e. The number of rotatable bonds is 7. The van der Waals surface area contributed by atoms with Crippen LogP contribution in [-0.4, -0.2) is 31.6 Å². The van der Waals surface area contributed by atoms with Crippen LogP contribution in [0.2, 0.25) is 0 Å². The van der Waals surface area contributed by atoms with Crippen LogP contribution < -0.4 is 4.74 Å². The predicted molar refractivity (Wildman–Crippen MR) is 101 cm³/mol. The lowest BCUT2D eigenvalue weighted by atomic mass is 9.76. The molecule has 1 saturated heterocycles. The molecule has 2 heteroatoms. The van der Waals surface area contributed by atoms with Crippen molar-refractivity contribution >= 4 is 0 Å². The van der Waals surface area contributed by atoms with E-state index in [2.05, 4.69) is 60.4 Å². The number of hydrogen-bond acceptors (Lipinski definition) is 2. The topological polar surface area (TPSA) is 12.5 Å². The average Bonchev–Trinajstić information content (AvgIpc) is 3.06. The molecule has 2 nitrogen and oxygen atoms in total. The molecule has 0 spiro atoms. The van der Waals surface area contributed by atoms with Crippen molar-refractivity contribution in [2.75, 3.05) is 26.7 Å². The van der Waals surface area contributed by atoms with Gasteiger partial charge in [0.1, 0.15) is 5.75 Å². The minimum Gasteiger partial charge on any atom is -0.497 e. The molecule has 0 aromatic heterocycles. The normalized spacial score (nSPS) is 21.1. The fourth-order valence-corrected chi connectivity index (χ4v) is 4.10. The van der Waals surface area contributed by atoms with Crippen LogP contribution in [0.4, 0.5) is 0 Å². The molecule has 1 fully saturated rings. The summed E-state index contributed by atoms with van der Waals surface area (Å²) in [6.07, 6.45) is 4.87. The van der Waals surface area contributed by atoms with Gasteiger partial charge in [0.15, 0.2) is 0 Å². The Morgan fingerprint density at radius 2 is 1.92 bits per heavy atom. The molecule has 1 aliphatic rings. The fraction of sp³-hybridized carbons (Fsp3) is 0.455. The first-order valence-corrected chi connectivity index (χ1v) is 9.16. The molecule has 0 unspecified atom stereocenters. The Bertz CT molecular complexity index is 639. The minimum absolute atomic E-state index is 0.292. The summed E-state index contributed by atoms with van der Waals surface area (Å²) < 4.78 is 5.46. The maximum atomic E-state index is 5.46. The van der Waals surface area contributed by atoms with Gasteiger partial charge in [0.2, 0.25) is 0 Å². The average molecular weight is 323 g/mol. The molecule has 2 aromatic carbocycles. The molecule has 1 atom stereocenters. The Morgan fingerprint density at radius 1 is 1.08 bits per heavy atom. The van der Waals surface area contributed by atoms with E-state index in [1.165, 1.54) is 43.5 Å². The summed E-state index contributed by atoms with van der Waals surface area (Å²) in [7, 11) is 1.76. The first kappa shape index (κ1) is 17.0. The third-order valence-corrected chi connectivity index (χ3v) is 5.40. The zero-order valence-corrected chi connectivity index (χ0v) is 15.0. The molecular weight excluding hydrogens is 294 g/mol. The quantitative estimate of drug-likeness (QED) is 0.733. The van der Waals surface area contributed by atoms with Gasteiger partial charge in [-0.05, 0) is 49.1 Å². The maximum Gasteiger partial charge on any atom is 0.119 e. The van der Waals surface area contributed by atoms with E-state index in [4.69, 9.17) is 4.74 Å². The van der Waals surface area contributed by atoms with Crippen LogP contribution in [-0.2, 0) is 11.8 Å². The molecule has 0 radical (unpaired) electrons. The van der Waals surface area contributed by atoms with Gasteiger partial charge in [0.05, 0.1) is 7.11 Å². The van der Waals surface area contributed by atoms with E-state index in [1.54, 1.807) is 7.11 Å². The van der Waals surface area contributed by atoms with Gasteiger partial charge in [-0.2, -0.15) is 0 Å². The SMILES string of the molecule is CCC[C@]1(c2cccc(OC)c2)CCN(CCc2ccccc2)C1. The zero-order valence-electron chi connectivity index (χ0n) is 15.0. The molecule has 128 valence electrons. The molecule has 0 saturated carbocycles. The molecule has 1 heterocycles. The van der Waals surface area contributed by atoms with E-state index in [0.29, 0.717) is 5.41 Å². The highest BCUT2D eigenvalue weighted by Crippen LogP contribution is 2.39. The van der Waals surface area contributed by atoms with Gasteiger partial charge in [-0.1, -0.05) is 55.8 Å². The summed E-state index contributed by atoms with van der Waals surface area (Å²) in [6.45, 7) is 5.82. The second-order valence-corrected chi connectivity index (χ2v) is 7.02. The molecule has 0 amide bonds. The predicted octanol–water partition coefficient (Wildman–Crippen LogP) is 4.68. The van der Waals surface area contributed by atoms with Crippen molar-refractivity contribution in [3.05, 3.63) is 65.7 Å². The molecule has 3 rings (SSSR count). The van der Waals surface area contributed by atoms with E-state index < -0.39 is 0 Å². The monoisotopic (exact) mass is 323 g/mol. The highest BCUT2D eigenvalue weighted by atomic mass is 16.5. The van der Waals surface area contributed by atoms with E-state index in [9.17, 15) is 0 Å². The van der Waals surface area contributed by atoms with Crippen LogP contribution in [0.3, 0.4) is 0 Å².